The van der Waals surface area contributed by atoms with E-state index in [-0.39, 0.29) is 17.2 Å². The summed E-state index contributed by atoms with van der Waals surface area (Å²) in [6, 6.07) is 11.1. The van der Waals surface area contributed by atoms with Crippen LogP contribution in [-0.4, -0.2) is 19.6 Å². The van der Waals surface area contributed by atoms with Crippen LogP contribution in [0, 0.1) is 6.92 Å². The Morgan fingerprint density at radius 3 is 2.68 bits per heavy atom. The van der Waals surface area contributed by atoms with Crippen molar-refractivity contribution in [3.8, 4) is 11.5 Å². The van der Waals surface area contributed by atoms with E-state index < -0.39 is 12.5 Å². The number of carbonyl (C=O) groups excluding carboxylic acids is 1. The van der Waals surface area contributed by atoms with Crippen molar-refractivity contribution in [2.24, 2.45) is 0 Å². The first kappa shape index (κ1) is 16.8. The molecule has 0 fully saturated rings. The lowest BCUT2D eigenvalue weighted by molar-refractivity contribution is -0.0493. The number of amides is 1. The van der Waals surface area contributed by atoms with Crippen molar-refractivity contribution in [3.63, 3.8) is 0 Å². The van der Waals surface area contributed by atoms with Gasteiger partial charge in [-0.25, -0.2) is 0 Å². The predicted molar refractivity (Wildman–Crippen MR) is 88.5 cm³/mol. The molecule has 3 rings (SSSR count). The maximum Gasteiger partial charge on any atom is 0.387 e. The third-order valence-electron chi connectivity index (χ3n) is 3.70. The number of rotatable bonds is 5. The zero-order chi connectivity index (χ0) is 18.0. The van der Waals surface area contributed by atoms with Gasteiger partial charge >= 0.3 is 6.61 Å². The van der Waals surface area contributed by atoms with Gasteiger partial charge in [-0.15, -0.1) is 0 Å². The van der Waals surface area contributed by atoms with E-state index >= 15 is 0 Å². The molecule has 0 aliphatic heterocycles. The Balaban J connectivity index is 1.92. The summed E-state index contributed by atoms with van der Waals surface area (Å²) in [6.45, 7) is -1.25. The number of para-hydroxylation sites is 2. The average molecular weight is 347 g/mol. The van der Waals surface area contributed by atoms with Gasteiger partial charge in [0.15, 0.2) is 5.76 Å². The number of hydrogen-bond donors (Lipinski definition) is 1. The average Bonchev–Trinajstić information content (AvgIpc) is 2.92. The van der Waals surface area contributed by atoms with Crippen LogP contribution in [0.2, 0.25) is 0 Å². The van der Waals surface area contributed by atoms with Crippen molar-refractivity contribution in [2.45, 2.75) is 13.5 Å². The Morgan fingerprint density at radius 2 is 1.96 bits per heavy atom. The summed E-state index contributed by atoms with van der Waals surface area (Å²) in [4.78, 5) is 12.5. The number of alkyl halides is 2. The molecule has 0 aliphatic rings. The normalized spacial score (nSPS) is 10.9. The summed E-state index contributed by atoms with van der Waals surface area (Å²) < 4.78 is 40.1. The molecule has 25 heavy (non-hydrogen) atoms. The lowest BCUT2D eigenvalue weighted by Crippen LogP contribution is -2.14. The Labute approximate surface area is 142 Å². The van der Waals surface area contributed by atoms with Gasteiger partial charge in [0.2, 0.25) is 0 Å². The van der Waals surface area contributed by atoms with E-state index in [0.717, 1.165) is 5.39 Å². The maximum absolute atomic E-state index is 12.5. The number of halogens is 2. The van der Waals surface area contributed by atoms with Crippen LogP contribution in [0.15, 0.2) is 46.9 Å². The molecule has 0 spiro atoms. The first-order chi connectivity index (χ1) is 12.0. The molecule has 0 unspecified atom stereocenters. The second-order valence-electron chi connectivity index (χ2n) is 5.25. The topological polar surface area (TPSA) is 60.7 Å². The molecule has 3 aromatic rings. The van der Waals surface area contributed by atoms with Gasteiger partial charge in [-0.05, 0) is 37.3 Å². The molecular weight excluding hydrogens is 332 g/mol. The molecule has 5 nitrogen and oxygen atoms in total. The molecule has 7 heteroatoms. The van der Waals surface area contributed by atoms with Crippen molar-refractivity contribution >= 4 is 22.6 Å². The van der Waals surface area contributed by atoms with E-state index in [1.54, 1.807) is 38.3 Å². The van der Waals surface area contributed by atoms with Crippen LogP contribution in [0.4, 0.5) is 14.5 Å². The summed E-state index contributed by atoms with van der Waals surface area (Å²) in [6.07, 6.45) is 0. The van der Waals surface area contributed by atoms with Crippen LogP contribution in [0.5, 0.6) is 11.5 Å². The highest BCUT2D eigenvalue weighted by Gasteiger charge is 2.20. The third kappa shape index (κ3) is 3.40. The highest BCUT2D eigenvalue weighted by molar-refractivity contribution is 6.07. The predicted octanol–water partition coefficient (Wildman–Crippen LogP) is 4.60. The fraction of sp³-hybridized carbons (Fsp3) is 0.167. The monoisotopic (exact) mass is 347 g/mol. The number of fused-ring (bicyclic) bond motifs is 1. The molecule has 0 saturated heterocycles. The molecular formula is C18H15F2NO4. The SMILES string of the molecule is COc1ccc2oc(C(=O)Nc3ccccc3OC(F)F)c(C)c2c1. The molecule has 0 saturated carbocycles. The second-order valence-corrected chi connectivity index (χ2v) is 5.25. The van der Waals surface area contributed by atoms with Crippen LogP contribution >= 0.6 is 0 Å². The smallest absolute Gasteiger partial charge is 0.387 e. The van der Waals surface area contributed by atoms with Gasteiger partial charge in [0.25, 0.3) is 5.91 Å². The number of anilines is 1. The van der Waals surface area contributed by atoms with Crippen LogP contribution in [0.25, 0.3) is 11.0 Å². The zero-order valence-electron chi connectivity index (χ0n) is 13.5. The number of benzene rings is 2. The number of furan rings is 1. The van der Waals surface area contributed by atoms with Gasteiger partial charge in [0.1, 0.15) is 17.1 Å². The summed E-state index contributed by atoms with van der Waals surface area (Å²) >= 11 is 0. The second kappa shape index (κ2) is 6.80. The van der Waals surface area contributed by atoms with Gasteiger partial charge in [-0.1, -0.05) is 12.1 Å². The maximum atomic E-state index is 12.5. The van der Waals surface area contributed by atoms with E-state index in [4.69, 9.17) is 9.15 Å². The highest BCUT2D eigenvalue weighted by Crippen LogP contribution is 2.31. The lowest BCUT2D eigenvalue weighted by Gasteiger charge is -2.11. The van der Waals surface area contributed by atoms with Crippen molar-refractivity contribution in [3.05, 3.63) is 53.8 Å². The van der Waals surface area contributed by atoms with Crippen molar-refractivity contribution in [2.75, 3.05) is 12.4 Å². The quantitative estimate of drug-likeness (QED) is 0.732. The Hall–Kier alpha value is -3.09. The van der Waals surface area contributed by atoms with Crippen LogP contribution in [0.1, 0.15) is 16.1 Å². The molecule has 1 aromatic heterocycles. The molecule has 1 N–H and O–H groups in total. The molecule has 0 bridgehead atoms. The molecule has 0 aliphatic carbocycles. The number of ether oxygens (including phenoxy) is 2. The molecule has 0 radical (unpaired) electrons. The Kier molecular flexibility index (Phi) is 4.56. The number of aryl methyl sites for hydroxylation is 1. The minimum atomic E-state index is -2.99. The summed E-state index contributed by atoms with van der Waals surface area (Å²) in [5, 5.41) is 3.28. The Bertz CT molecular complexity index is 921. The van der Waals surface area contributed by atoms with Gasteiger partial charge in [0, 0.05) is 10.9 Å². The van der Waals surface area contributed by atoms with Crippen LogP contribution in [0.3, 0.4) is 0 Å². The molecule has 2 aromatic carbocycles. The Morgan fingerprint density at radius 1 is 1.20 bits per heavy atom. The molecule has 0 atom stereocenters. The van der Waals surface area contributed by atoms with Crippen molar-refractivity contribution in [1.82, 2.24) is 0 Å². The minimum absolute atomic E-state index is 0.0927. The van der Waals surface area contributed by atoms with Gasteiger partial charge < -0.3 is 19.2 Å². The lowest BCUT2D eigenvalue weighted by atomic mass is 10.1. The number of methoxy groups -OCH3 is 1. The van der Waals surface area contributed by atoms with E-state index in [9.17, 15) is 13.6 Å². The minimum Gasteiger partial charge on any atom is -0.497 e. The van der Waals surface area contributed by atoms with Crippen molar-refractivity contribution in [1.29, 1.82) is 0 Å². The van der Waals surface area contributed by atoms with Gasteiger partial charge in [-0.3, -0.25) is 4.79 Å². The fourth-order valence-electron chi connectivity index (χ4n) is 2.49. The number of nitrogens with one attached hydrogen (secondary N) is 1. The largest absolute Gasteiger partial charge is 0.497 e. The van der Waals surface area contributed by atoms with E-state index in [0.29, 0.717) is 16.9 Å². The fourth-order valence-corrected chi connectivity index (χ4v) is 2.49. The van der Waals surface area contributed by atoms with Crippen molar-refractivity contribution < 1.29 is 27.5 Å². The highest BCUT2D eigenvalue weighted by atomic mass is 19.3. The van der Waals surface area contributed by atoms with E-state index in [1.807, 2.05) is 0 Å². The van der Waals surface area contributed by atoms with E-state index in [1.165, 1.54) is 18.2 Å². The number of hydrogen-bond acceptors (Lipinski definition) is 4. The third-order valence-corrected chi connectivity index (χ3v) is 3.70. The van der Waals surface area contributed by atoms with Gasteiger partial charge in [-0.2, -0.15) is 8.78 Å². The summed E-state index contributed by atoms with van der Waals surface area (Å²) in [5.74, 6) is 0.0495. The van der Waals surface area contributed by atoms with Gasteiger partial charge in [0.05, 0.1) is 12.8 Å². The molecule has 130 valence electrons. The zero-order valence-corrected chi connectivity index (χ0v) is 13.5. The summed E-state index contributed by atoms with van der Waals surface area (Å²) in [5.41, 5.74) is 1.28. The number of carbonyl (C=O) groups is 1. The summed E-state index contributed by atoms with van der Waals surface area (Å²) in [7, 11) is 1.55. The molecule has 1 amide bonds. The van der Waals surface area contributed by atoms with E-state index in [2.05, 4.69) is 10.1 Å². The van der Waals surface area contributed by atoms with Crippen LogP contribution < -0.4 is 14.8 Å². The first-order valence-electron chi connectivity index (χ1n) is 7.42. The van der Waals surface area contributed by atoms with Crippen LogP contribution in [-0.2, 0) is 0 Å². The molecule has 1 heterocycles. The standard InChI is InChI=1S/C18H15F2NO4/c1-10-12-9-11(23-2)7-8-14(12)24-16(10)17(22)21-13-5-3-4-6-15(13)25-18(19)20/h3-9,18H,1-2H3,(H,21,22). The first-order valence-corrected chi connectivity index (χ1v) is 7.42.